The highest BCUT2D eigenvalue weighted by molar-refractivity contribution is 7.95. The maximum absolute atomic E-state index is 10.9. The maximum Gasteiger partial charge on any atom is 0.214 e. The van der Waals surface area contributed by atoms with Gasteiger partial charge in [-0.05, 0) is 30.9 Å². The summed E-state index contributed by atoms with van der Waals surface area (Å²) >= 11 is 0. The molecule has 74 valence electrons. The quantitative estimate of drug-likeness (QED) is 0.608. The Bertz CT molecular complexity index is 482. The molecule has 0 radical (unpaired) electrons. The second-order valence-electron chi connectivity index (χ2n) is 3.27. The third-order valence-corrected chi connectivity index (χ3v) is 2.32. The van der Waals surface area contributed by atoms with E-state index in [9.17, 15) is 8.42 Å². The smallest absolute Gasteiger partial charge is 0.214 e. The number of hydrogen-bond acceptors (Lipinski definition) is 2. The molecular formula is C11H12O2S. The Morgan fingerprint density at radius 1 is 1.14 bits per heavy atom. The lowest BCUT2D eigenvalue weighted by molar-refractivity contribution is 0.611. The second kappa shape index (κ2) is 3.85. The fourth-order valence-electron chi connectivity index (χ4n) is 1.16. The van der Waals surface area contributed by atoms with Gasteiger partial charge in [0.25, 0.3) is 0 Å². The van der Waals surface area contributed by atoms with E-state index >= 15 is 0 Å². The van der Waals surface area contributed by atoms with Gasteiger partial charge in [-0.2, -0.15) is 0 Å². The van der Waals surface area contributed by atoms with Gasteiger partial charge in [0.15, 0.2) is 0 Å². The van der Waals surface area contributed by atoms with Crippen molar-refractivity contribution in [3.8, 4) is 11.2 Å². The molecule has 0 heterocycles. The zero-order valence-electron chi connectivity index (χ0n) is 8.46. The molecule has 0 saturated carbocycles. The molecule has 0 aliphatic rings. The zero-order valence-corrected chi connectivity index (χ0v) is 9.27. The summed E-state index contributed by atoms with van der Waals surface area (Å²) < 4.78 is 21.7. The summed E-state index contributed by atoms with van der Waals surface area (Å²) in [5, 5.41) is 2.24. The first-order valence-electron chi connectivity index (χ1n) is 4.19. The van der Waals surface area contributed by atoms with E-state index in [0.717, 1.165) is 22.9 Å². The minimum Gasteiger partial charge on any atom is -0.216 e. The van der Waals surface area contributed by atoms with Gasteiger partial charge in [-0.25, -0.2) is 8.42 Å². The van der Waals surface area contributed by atoms with Crippen LogP contribution in [0.25, 0.3) is 0 Å². The highest BCUT2D eigenvalue weighted by Gasteiger charge is 1.99. The summed E-state index contributed by atoms with van der Waals surface area (Å²) in [6, 6.07) is 5.76. The molecule has 0 fully saturated rings. The van der Waals surface area contributed by atoms with Crippen LogP contribution < -0.4 is 0 Å². The first kappa shape index (κ1) is 10.8. The summed E-state index contributed by atoms with van der Waals surface area (Å²) in [5.74, 6) is 2.68. The van der Waals surface area contributed by atoms with Crippen LogP contribution in [0.5, 0.6) is 0 Å². The predicted molar refractivity (Wildman–Crippen MR) is 57.6 cm³/mol. The van der Waals surface area contributed by atoms with Crippen molar-refractivity contribution in [1.29, 1.82) is 0 Å². The topological polar surface area (TPSA) is 34.1 Å². The Morgan fingerprint density at radius 2 is 1.64 bits per heavy atom. The van der Waals surface area contributed by atoms with Crippen molar-refractivity contribution in [2.24, 2.45) is 0 Å². The fraction of sp³-hybridized carbons (Fsp3) is 0.273. The van der Waals surface area contributed by atoms with Crippen molar-refractivity contribution in [1.82, 2.24) is 0 Å². The highest BCUT2D eigenvalue weighted by atomic mass is 32.2. The van der Waals surface area contributed by atoms with E-state index in [0.29, 0.717) is 0 Å². The summed E-state index contributed by atoms with van der Waals surface area (Å²) in [7, 11) is -3.22. The van der Waals surface area contributed by atoms with Crippen LogP contribution in [0, 0.1) is 25.0 Å². The van der Waals surface area contributed by atoms with E-state index < -0.39 is 9.84 Å². The molecule has 0 bridgehead atoms. The van der Waals surface area contributed by atoms with Crippen LogP contribution in [0.4, 0.5) is 0 Å². The van der Waals surface area contributed by atoms with Gasteiger partial charge in [-0.1, -0.05) is 18.2 Å². The van der Waals surface area contributed by atoms with Crippen molar-refractivity contribution >= 4 is 9.84 Å². The fourth-order valence-corrected chi connectivity index (χ4v) is 1.44. The molecular weight excluding hydrogens is 196 g/mol. The van der Waals surface area contributed by atoms with Gasteiger partial charge in [0.1, 0.15) is 0 Å². The van der Waals surface area contributed by atoms with Gasteiger partial charge in [0.05, 0.1) is 6.26 Å². The van der Waals surface area contributed by atoms with Crippen LogP contribution in [0.2, 0.25) is 0 Å². The molecule has 0 saturated heterocycles. The first-order chi connectivity index (χ1) is 6.40. The zero-order chi connectivity index (χ0) is 10.8. The number of rotatable bonds is 0. The summed E-state index contributed by atoms with van der Waals surface area (Å²) in [6.07, 6.45) is 1.10. The molecule has 0 N–H and O–H groups in total. The monoisotopic (exact) mass is 208 g/mol. The van der Waals surface area contributed by atoms with Gasteiger partial charge in [0, 0.05) is 10.8 Å². The average molecular weight is 208 g/mol. The van der Waals surface area contributed by atoms with E-state index in [4.69, 9.17) is 0 Å². The Balaban J connectivity index is 3.26. The SMILES string of the molecule is Cc1cccc(C)c1C#CS(C)(=O)=O. The lowest BCUT2D eigenvalue weighted by Gasteiger charge is -2.00. The first-order valence-corrected chi connectivity index (χ1v) is 6.08. The minimum absolute atomic E-state index is 0.804. The second-order valence-corrected chi connectivity index (χ2v) is 5.01. The summed E-state index contributed by atoms with van der Waals surface area (Å²) in [4.78, 5) is 0. The van der Waals surface area contributed by atoms with Gasteiger partial charge in [0.2, 0.25) is 9.84 Å². The number of sulfone groups is 1. The third-order valence-electron chi connectivity index (χ3n) is 1.84. The van der Waals surface area contributed by atoms with Crippen LogP contribution in [-0.4, -0.2) is 14.7 Å². The van der Waals surface area contributed by atoms with Crippen LogP contribution in [-0.2, 0) is 9.84 Å². The predicted octanol–water partition coefficient (Wildman–Crippen LogP) is 1.66. The van der Waals surface area contributed by atoms with E-state index in [1.807, 2.05) is 32.0 Å². The van der Waals surface area contributed by atoms with Crippen LogP contribution in [0.3, 0.4) is 0 Å². The lowest BCUT2D eigenvalue weighted by atomic mass is 10.0. The van der Waals surface area contributed by atoms with Crippen molar-refractivity contribution in [2.75, 3.05) is 6.26 Å². The number of benzene rings is 1. The van der Waals surface area contributed by atoms with Crippen molar-refractivity contribution in [3.05, 3.63) is 34.9 Å². The van der Waals surface area contributed by atoms with E-state index in [1.54, 1.807) is 0 Å². The molecule has 1 rings (SSSR count). The Labute approximate surface area is 84.9 Å². The molecule has 0 aliphatic carbocycles. The molecule has 0 atom stereocenters. The summed E-state index contributed by atoms with van der Waals surface area (Å²) in [5.41, 5.74) is 2.81. The van der Waals surface area contributed by atoms with E-state index in [2.05, 4.69) is 11.2 Å². The number of aryl methyl sites for hydroxylation is 2. The Morgan fingerprint density at radius 3 is 2.07 bits per heavy atom. The molecule has 2 nitrogen and oxygen atoms in total. The van der Waals surface area contributed by atoms with Crippen molar-refractivity contribution in [2.45, 2.75) is 13.8 Å². The van der Waals surface area contributed by atoms with Gasteiger partial charge < -0.3 is 0 Å². The average Bonchev–Trinajstić information content (AvgIpc) is 2.01. The maximum atomic E-state index is 10.9. The largest absolute Gasteiger partial charge is 0.216 e. The van der Waals surface area contributed by atoms with Crippen molar-refractivity contribution < 1.29 is 8.42 Å². The standard InChI is InChI=1S/C11H12O2S/c1-9-5-4-6-10(2)11(9)7-8-14(3,12)13/h4-6H,1-3H3. The molecule has 14 heavy (non-hydrogen) atoms. The molecule has 3 heteroatoms. The molecule has 1 aromatic rings. The Kier molecular flexibility index (Phi) is 2.97. The normalized spacial score (nSPS) is 10.5. The van der Waals surface area contributed by atoms with Gasteiger partial charge in [-0.15, -0.1) is 0 Å². The van der Waals surface area contributed by atoms with Gasteiger partial charge >= 0.3 is 0 Å². The molecule has 0 aliphatic heterocycles. The molecule has 1 aromatic carbocycles. The van der Waals surface area contributed by atoms with Crippen LogP contribution >= 0.6 is 0 Å². The third kappa shape index (κ3) is 2.90. The molecule has 0 aromatic heterocycles. The van der Waals surface area contributed by atoms with Crippen LogP contribution in [0.1, 0.15) is 16.7 Å². The van der Waals surface area contributed by atoms with Gasteiger partial charge in [-0.3, -0.25) is 0 Å². The minimum atomic E-state index is -3.22. The lowest BCUT2D eigenvalue weighted by Crippen LogP contribution is -1.91. The van der Waals surface area contributed by atoms with E-state index in [-0.39, 0.29) is 0 Å². The van der Waals surface area contributed by atoms with Crippen LogP contribution in [0.15, 0.2) is 18.2 Å². The van der Waals surface area contributed by atoms with Crippen molar-refractivity contribution in [3.63, 3.8) is 0 Å². The molecule has 0 amide bonds. The molecule has 0 unspecified atom stereocenters. The number of hydrogen-bond donors (Lipinski definition) is 0. The molecule has 0 spiro atoms. The highest BCUT2D eigenvalue weighted by Crippen LogP contribution is 2.11. The van der Waals surface area contributed by atoms with E-state index in [1.165, 1.54) is 0 Å². The Hall–Kier alpha value is -1.27. The summed E-state index contributed by atoms with van der Waals surface area (Å²) in [6.45, 7) is 3.83.